The van der Waals surface area contributed by atoms with Crippen molar-refractivity contribution in [1.29, 1.82) is 0 Å². The number of ether oxygens (including phenoxy) is 1. The Bertz CT molecular complexity index is 181. The van der Waals surface area contributed by atoms with E-state index in [4.69, 9.17) is 4.74 Å². The summed E-state index contributed by atoms with van der Waals surface area (Å²) in [6, 6.07) is 0.441. The summed E-state index contributed by atoms with van der Waals surface area (Å²) in [5, 5.41) is 3.10. The summed E-state index contributed by atoms with van der Waals surface area (Å²) in [6.45, 7) is 1.50. The first-order chi connectivity index (χ1) is 4.36. The summed E-state index contributed by atoms with van der Waals surface area (Å²) in [4.78, 5) is 10.5. The molecule has 3 nitrogen and oxygen atoms in total. The molecule has 1 N–H and O–H groups in total. The van der Waals surface area contributed by atoms with Crippen molar-refractivity contribution in [2.24, 2.45) is 0 Å². The molecule has 0 bridgehead atoms. The Morgan fingerprint density at radius 1 is 1.78 bits per heavy atom. The number of rotatable bonds is 1. The van der Waals surface area contributed by atoms with Crippen LogP contribution in [0.5, 0.6) is 0 Å². The molecule has 0 aliphatic carbocycles. The summed E-state index contributed by atoms with van der Waals surface area (Å²) in [7, 11) is 0. The third-order valence-corrected chi connectivity index (χ3v) is 1.54. The molecule has 2 aliphatic rings. The molecule has 2 heterocycles. The molecule has 2 rings (SSSR count). The number of nitrogens with one attached hydrogen (secondary N) is 1. The second-order valence-corrected chi connectivity index (χ2v) is 2.29. The fourth-order valence-electron chi connectivity index (χ4n) is 0.911. The molecule has 1 fully saturated rings. The van der Waals surface area contributed by atoms with Crippen LogP contribution in [0, 0.1) is 0 Å². The van der Waals surface area contributed by atoms with E-state index in [2.05, 4.69) is 5.32 Å². The Morgan fingerprint density at radius 2 is 2.56 bits per heavy atom. The van der Waals surface area contributed by atoms with Gasteiger partial charge in [0.1, 0.15) is 6.61 Å². The highest BCUT2D eigenvalue weighted by Crippen LogP contribution is 2.15. The van der Waals surface area contributed by atoms with Gasteiger partial charge in [-0.3, -0.25) is 0 Å². The van der Waals surface area contributed by atoms with Crippen molar-refractivity contribution in [2.75, 3.05) is 13.2 Å². The van der Waals surface area contributed by atoms with E-state index < -0.39 is 0 Å². The lowest BCUT2D eigenvalue weighted by molar-refractivity contribution is -0.134. The molecular weight excluding hydrogens is 118 g/mol. The van der Waals surface area contributed by atoms with Crippen molar-refractivity contribution in [3.8, 4) is 0 Å². The molecule has 0 aromatic rings. The van der Waals surface area contributed by atoms with Gasteiger partial charge in [0.15, 0.2) is 0 Å². The highest BCUT2D eigenvalue weighted by Gasteiger charge is 2.29. The lowest BCUT2D eigenvalue weighted by Crippen LogP contribution is -1.98. The molecule has 0 aromatic carbocycles. The Hall–Kier alpha value is -0.830. The van der Waals surface area contributed by atoms with Crippen molar-refractivity contribution in [1.82, 2.24) is 5.32 Å². The molecule has 0 radical (unpaired) electrons. The molecule has 0 spiro atoms. The zero-order chi connectivity index (χ0) is 6.27. The zero-order valence-corrected chi connectivity index (χ0v) is 4.89. The van der Waals surface area contributed by atoms with E-state index in [0.717, 1.165) is 12.1 Å². The van der Waals surface area contributed by atoms with Crippen LogP contribution in [0.3, 0.4) is 0 Å². The maximum absolute atomic E-state index is 10.5. The summed E-state index contributed by atoms with van der Waals surface area (Å²) < 4.78 is 4.70. The third kappa shape index (κ3) is 0.833. The van der Waals surface area contributed by atoms with Gasteiger partial charge in [-0.2, -0.15) is 0 Å². The van der Waals surface area contributed by atoms with Gasteiger partial charge in [-0.15, -0.1) is 0 Å². The van der Waals surface area contributed by atoms with Gasteiger partial charge in [0.2, 0.25) is 0 Å². The fourth-order valence-corrected chi connectivity index (χ4v) is 0.911. The Kier molecular flexibility index (Phi) is 0.873. The number of carbonyl (C=O) groups is 1. The summed E-state index contributed by atoms with van der Waals surface area (Å²) >= 11 is 0. The van der Waals surface area contributed by atoms with Crippen molar-refractivity contribution in [3.05, 3.63) is 11.6 Å². The second kappa shape index (κ2) is 1.57. The molecule has 2 aliphatic heterocycles. The summed E-state index contributed by atoms with van der Waals surface area (Å²) in [5.74, 6) is -0.196. The van der Waals surface area contributed by atoms with Crippen LogP contribution in [0.25, 0.3) is 0 Å². The molecule has 1 atom stereocenters. The molecular formula is C6H7NO2. The average molecular weight is 125 g/mol. The van der Waals surface area contributed by atoms with Crippen LogP contribution in [0.15, 0.2) is 11.6 Å². The quantitative estimate of drug-likeness (QED) is 0.377. The van der Waals surface area contributed by atoms with Crippen molar-refractivity contribution < 1.29 is 9.53 Å². The Balaban J connectivity index is 2.11. The normalized spacial score (nSPS) is 31.8. The van der Waals surface area contributed by atoms with Crippen molar-refractivity contribution in [2.45, 2.75) is 6.04 Å². The lowest BCUT2D eigenvalue weighted by atomic mass is 10.2. The number of hydrogen-bond acceptors (Lipinski definition) is 3. The molecule has 3 heteroatoms. The number of carbonyl (C=O) groups excluding carboxylic acids is 1. The number of cyclic esters (lactones) is 1. The zero-order valence-electron chi connectivity index (χ0n) is 4.89. The van der Waals surface area contributed by atoms with Gasteiger partial charge >= 0.3 is 5.97 Å². The van der Waals surface area contributed by atoms with Gasteiger partial charge in [0.05, 0.1) is 0 Å². The van der Waals surface area contributed by atoms with Gasteiger partial charge in [0.25, 0.3) is 0 Å². The molecule has 0 aromatic heterocycles. The monoisotopic (exact) mass is 125 g/mol. The topological polar surface area (TPSA) is 48.2 Å². The van der Waals surface area contributed by atoms with Crippen molar-refractivity contribution in [3.63, 3.8) is 0 Å². The van der Waals surface area contributed by atoms with Gasteiger partial charge in [-0.25, -0.2) is 4.79 Å². The highest BCUT2D eigenvalue weighted by atomic mass is 16.5. The van der Waals surface area contributed by atoms with E-state index in [-0.39, 0.29) is 5.97 Å². The molecule has 0 saturated carbocycles. The first-order valence-corrected chi connectivity index (χ1v) is 2.97. The summed E-state index contributed by atoms with van der Waals surface area (Å²) in [6.07, 6.45) is 1.57. The third-order valence-electron chi connectivity index (χ3n) is 1.54. The number of hydrogen-bond donors (Lipinski definition) is 1. The van der Waals surface area contributed by atoms with E-state index in [1.165, 1.54) is 0 Å². The maximum Gasteiger partial charge on any atom is 0.331 e. The highest BCUT2D eigenvalue weighted by molar-refractivity contribution is 5.85. The van der Waals surface area contributed by atoms with Crippen LogP contribution in [0.1, 0.15) is 0 Å². The predicted octanol–water partition coefficient (Wildman–Crippen LogP) is -0.559. The van der Waals surface area contributed by atoms with Crippen LogP contribution < -0.4 is 5.32 Å². The maximum atomic E-state index is 10.5. The van der Waals surface area contributed by atoms with E-state index in [1.54, 1.807) is 6.08 Å². The largest absolute Gasteiger partial charge is 0.458 e. The summed E-state index contributed by atoms with van der Waals surface area (Å²) in [5.41, 5.74) is 1.10. The van der Waals surface area contributed by atoms with Crippen LogP contribution in [0.4, 0.5) is 0 Å². The van der Waals surface area contributed by atoms with Gasteiger partial charge in [-0.1, -0.05) is 0 Å². The molecule has 1 saturated heterocycles. The van der Waals surface area contributed by atoms with Gasteiger partial charge in [-0.05, 0) is 5.57 Å². The Morgan fingerprint density at radius 3 is 3.00 bits per heavy atom. The second-order valence-electron chi connectivity index (χ2n) is 2.29. The molecule has 48 valence electrons. The number of esters is 1. The minimum absolute atomic E-state index is 0.196. The SMILES string of the molecule is O=C1C=C(C2CN2)CO1. The van der Waals surface area contributed by atoms with E-state index >= 15 is 0 Å². The van der Waals surface area contributed by atoms with Crippen LogP contribution in [0.2, 0.25) is 0 Å². The van der Waals surface area contributed by atoms with E-state index in [1.807, 2.05) is 0 Å². The molecule has 0 amide bonds. The smallest absolute Gasteiger partial charge is 0.331 e. The van der Waals surface area contributed by atoms with Crippen molar-refractivity contribution >= 4 is 5.97 Å². The van der Waals surface area contributed by atoms with Crippen LogP contribution in [-0.4, -0.2) is 25.2 Å². The van der Waals surface area contributed by atoms with Gasteiger partial charge < -0.3 is 10.1 Å². The Labute approximate surface area is 52.7 Å². The first kappa shape index (κ1) is 4.99. The molecule has 9 heavy (non-hydrogen) atoms. The standard InChI is InChI=1S/C6H7NO2/c8-6-1-4(3-9-6)5-2-7-5/h1,5,7H,2-3H2. The minimum atomic E-state index is -0.196. The minimum Gasteiger partial charge on any atom is -0.458 e. The predicted molar refractivity (Wildman–Crippen MR) is 30.8 cm³/mol. The van der Waals surface area contributed by atoms with Gasteiger partial charge in [0, 0.05) is 18.7 Å². The van der Waals surface area contributed by atoms with E-state index in [9.17, 15) is 4.79 Å². The van der Waals surface area contributed by atoms with Crippen LogP contribution in [-0.2, 0) is 9.53 Å². The fraction of sp³-hybridized carbons (Fsp3) is 0.500. The lowest BCUT2D eigenvalue weighted by Gasteiger charge is -1.90. The molecule has 1 unspecified atom stereocenters. The van der Waals surface area contributed by atoms with E-state index in [0.29, 0.717) is 12.6 Å². The average Bonchev–Trinajstić information content (AvgIpc) is 2.58. The van der Waals surface area contributed by atoms with Crippen LogP contribution >= 0.6 is 0 Å². The first-order valence-electron chi connectivity index (χ1n) is 2.97.